The molecule has 0 radical (unpaired) electrons. The predicted octanol–water partition coefficient (Wildman–Crippen LogP) is 15.0. The third-order valence-electron chi connectivity index (χ3n) is 11.1. The summed E-state index contributed by atoms with van der Waals surface area (Å²) in [4.78, 5) is 25.3. The summed E-state index contributed by atoms with van der Waals surface area (Å²) in [5, 5.41) is 0.0552. The molecule has 5 nitrogen and oxygen atoms in total. The smallest absolute Gasteiger partial charge is 0.306 e. The summed E-state index contributed by atoms with van der Waals surface area (Å²) in [5.74, 6) is -0.396. The van der Waals surface area contributed by atoms with Crippen LogP contribution in [0.4, 0.5) is 0 Å². The molecule has 0 aromatic carbocycles. The van der Waals surface area contributed by atoms with Crippen molar-refractivity contribution in [2.24, 2.45) is 0 Å². The molecule has 0 rings (SSSR count). The van der Waals surface area contributed by atoms with Crippen LogP contribution in [0.15, 0.2) is 0 Å². The Morgan fingerprint density at radius 1 is 0.451 bits per heavy atom. The lowest BCUT2D eigenvalue weighted by atomic mass is 10.0. The van der Waals surface area contributed by atoms with E-state index < -0.39 is 14.4 Å². The molecule has 0 bridgehead atoms. The molecule has 0 aliphatic heterocycles. The van der Waals surface area contributed by atoms with Gasteiger partial charge in [-0.15, -0.1) is 0 Å². The maximum Gasteiger partial charge on any atom is 0.306 e. The second-order valence-corrected chi connectivity index (χ2v) is 22.1. The highest BCUT2D eigenvalue weighted by Crippen LogP contribution is 2.36. The molecule has 0 aliphatic rings. The van der Waals surface area contributed by atoms with Crippen LogP contribution in [-0.4, -0.2) is 39.6 Å². The first-order chi connectivity index (χ1) is 24.5. The molecule has 0 saturated heterocycles. The van der Waals surface area contributed by atoms with Gasteiger partial charge < -0.3 is 13.9 Å². The van der Waals surface area contributed by atoms with Gasteiger partial charge in [-0.3, -0.25) is 9.59 Å². The van der Waals surface area contributed by atoms with Gasteiger partial charge in [-0.25, -0.2) is 0 Å². The number of unbranched alkanes of at least 4 members (excludes halogenated alkanes) is 28. The van der Waals surface area contributed by atoms with Crippen molar-refractivity contribution < 1.29 is 23.5 Å². The molecular formula is C45H90O5Si. The first-order valence-electron chi connectivity index (χ1n) is 22.5. The quantitative estimate of drug-likeness (QED) is 0.0358. The highest BCUT2D eigenvalue weighted by molar-refractivity contribution is 6.74. The zero-order valence-electron chi connectivity index (χ0n) is 35.7. The number of ether oxygens (including phenoxy) is 2. The maximum absolute atomic E-state index is 12.8. The van der Waals surface area contributed by atoms with E-state index in [0.29, 0.717) is 12.8 Å². The van der Waals surface area contributed by atoms with Gasteiger partial charge in [0.1, 0.15) is 6.61 Å². The van der Waals surface area contributed by atoms with Crippen molar-refractivity contribution in [3.05, 3.63) is 0 Å². The van der Waals surface area contributed by atoms with Crippen molar-refractivity contribution in [1.82, 2.24) is 0 Å². The first kappa shape index (κ1) is 50.1. The Bertz CT molecular complexity index is 777. The van der Waals surface area contributed by atoms with Crippen molar-refractivity contribution in [2.75, 3.05) is 13.2 Å². The van der Waals surface area contributed by atoms with E-state index in [1.165, 1.54) is 167 Å². The molecule has 0 fully saturated rings. The third kappa shape index (κ3) is 33.4. The molecule has 0 saturated carbocycles. The second kappa shape index (κ2) is 34.9. The van der Waals surface area contributed by atoms with Gasteiger partial charge in [0.05, 0.1) is 6.61 Å². The fourth-order valence-corrected chi connectivity index (χ4v) is 7.45. The molecular weight excluding hydrogens is 649 g/mol. The van der Waals surface area contributed by atoms with Crippen molar-refractivity contribution in [1.29, 1.82) is 0 Å². The topological polar surface area (TPSA) is 61.8 Å². The Kier molecular flexibility index (Phi) is 34.3. The minimum atomic E-state index is -2.03. The van der Waals surface area contributed by atoms with Gasteiger partial charge >= 0.3 is 11.9 Å². The molecule has 0 spiro atoms. The van der Waals surface area contributed by atoms with E-state index in [0.717, 1.165) is 25.7 Å². The summed E-state index contributed by atoms with van der Waals surface area (Å²) in [7, 11) is -2.03. The van der Waals surface area contributed by atoms with Crippen molar-refractivity contribution in [3.8, 4) is 0 Å². The van der Waals surface area contributed by atoms with Crippen LogP contribution >= 0.6 is 0 Å². The summed E-state index contributed by atoms with van der Waals surface area (Å²) in [6.45, 7) is 15.9. The highest BCUT2D eigenvalue weighted by Gasteiger charge is 2.38. The minimum absolute atomic E-state index is 0.0552. The van der Waals surface area contributed by atoms with E-state index in [2.05, 4.69) is 47.7 Å². The Morgan fingerprint density at radius 2 is 0.745 bits per heavy atom. The van der Waals surface area contributed by atoms with Crippen LogP contribution in [0.5, 0.6) is 0 Å². The molecule has 51 heavy (non-hydrogen) atoms. The Labute approximate surface area is 320 Å². The summed E-state index contributed by atoms with van der Waals surface area (Å²) >= 11 is 0. The molecule has 0 aromatic heterocycles. The van der Waals surface area contributed by atoms with Crippen LogP contribution in [0.3, 0.4) is 0 Å². The predicted molar refractivity (Wildman–Crippen MR) is 223 cm³/mol. The zero-order valence-corrected chi connectivity index (χ0v) is 36.7. The molecule has 0 aliphatic carbocycles. The Balaban J connectivity index is 4.14. The number of hydrogen-bond donors (Lipinski definition) is 0. The lowest BCUT2D eigenvalue weighted by molar-refractivity contribution is -0.161. The second-order valence-electron chi connectivity index (χ2n) is 17.3. The minimum Gasteiger partial charge on any atom is -0.462 e. The summed E-state index contributed by atoms with van der Waals surface area (Å²) < 4.78 is 17.8. The largest absolute Gasteiger partial charge is 0.462 e. The molecule has 6 heteroatoms. The lowest BCUT2D eigenvalue weighted by Crippen LogP contribution is -2.44. The highest BCUT2D eigenvalue weighted by atomic mass is 28.4. The summed E-state index contributed by atoms with van der Waals surface area (Å²) in [5.41, 5.74) is 0. The van der Waals surface area contributed by atoms with Crippen molar-refractivity contribution in [3.63, 3.8) is 0 Å². The fraction of sp³-hybridized carbons (Fsp3) is 0.956. The van der Waals surface area contributed by atoms with E-state index in [1.807, 2.05) is 0 Å². The number of esters is 2. The van der Waals surface area contributed by atoms with Gasteiger partial charge in [0, 0.05) is 12.8 Å². The van der Waals surface area contributed by atoms with Crippen LogP contribution in [0.25, 0.3) is 0 Å². The van der Waals surface area contributed by atoms with Crippen LogP contribution in [0, 0.1) is 0 Å². The normalized spacial score (nSPS) is 12.7. The standard InChI is InChI=1S/C45H90O5Si/c1-8-10-12-14-16-18-20-22-24-26-28-30-32-34-36-38-43(46)48-40-42(41-49-51(6,7)45(3,4)5)50-44(47)39-37-35-33-31-29-27-25-23-21-19-17-15-13-11-9-2/h42H,8-41H2,1-7H3/t42-/m1/s1. The Morgan fingerprint density at radius 3 is 1.06 bits per heavy atom. The summed E-state index contributed by atoms with van der Waals surface area (Å²) in [6.07, 6.45) is 39.4. The fourth-order valence-electron chi connectivity index (χ4n) is 6.42. The van der Waals surface area contributed by atoms with Crippen LogP contribution in [0.1, 0.15) is 240 Å². The van der Waals surface area contributed by atoms with Crippen molar-refractivity contribution in [2.45, 2.75) is 264 Å². The maximum atomic E-state index is 12.8. The third-order valence-corrected chi connectivity index (χ3v) is 15.6. The van der Waals surface area contributed by atoms with Gasteiger partial charge in [-0.05, 0) is 31.0 Å². The van der Waals surface area contributed by atoms with Crippen LogP contribution in [0.2, 0.25) is 18.1 Å². The molecule has 0 heterocycles. The molecule has 304 valence electrons. The van der Waals surface area contributed by atoms with E-state index >= 15 is 0 Å². The Hall–Kier alpha value is -0.883. The van der Waals surface area contributed by atoms with Gasteiger partial charge in [0.25, 0.3) is 0 Å². The van der Waals surface area contributed by atoms with Crippen molar-refractivity contribution >= 4 is 20.3 Å². The van der Waals surface area contributed by atoms with E-state index in [4.69, 9.17) is 13.9 Å². The molecule has 0 N–H and O–H groups in total. The molecule has 1 atom stereocenters. The van der Waals surface area contributed by atoms with Gasteiger partial charge in [-0.1, -0.05) is 214 Å². The number of hydrogen-bond acceptors (Lipinski definition) is 5. The van der Waals surface area contributed by atoms with Crippen LogP contribution in [-0.2, 0) is 23.5 Å². The number of carbonyl (C=O) groups is 2. The number of rotatable bonds is 38. The monoisotopic (exact) mass is 739 g/mol. The molecule has 0 amide bonds. The van der Waals surface area contributed by atoms with E-state index in [9.17, 15) is 9.59 Å². The SMILES string of the molecule is CCCCCCCCCCCCCCCCCC(=O)OC[C@H](CO[Si](C)(C)C(C)(C)C)OC(=O)CCCCCCCCCCCCCCCCC. The van der Waals surface area contributed by atoms with Gasteiger partial charge in [0.15, 0.2) is 14.4 Å². The zero-order chi connectivity index (χ0) is 37.9. The lowest BCUT2D eigenvalue weighted by Gasteiger charge is -2.37. The van der Waals surface area contributed by atoms with Crippen LogP contribution < -0.4 is 0 Å². The van der Waals surface area contributed by atoms with Gasteiger partial charge in [-0.2, -0.15) is 0 Å². The molecule has 0 aromatic rings. The first-order valence-corrected chi connectivity index (χ1v) is 25.4. The number of carbonyl (C=O) groups excluding carboxylic acids is 2. The molecule has 0 unspecified atom stereocenters. The van der Waals surface area contributed by atoms with E-state index in [-0.39, 0.29) is 30.2 Å². The average Bonchev–Trinajstić information content (AvgIpc) is 3.08. The van der Waals surface area contributed by atoms with E-state index in [1.54, 1.807) is 0 Å². The summed E-state index contributed by atoms with van der Waals surface area (Å²) in [6, 6.07) is 0. The van der Waals surface area contributed by atoms with Gasteiger partial charge in [0.2, 0.25) is 0 Å². The average molecular weight is 739 g/mol.